The number of carboxylic acids is 1. The molecule has 21 heavy (non-hydrogen) atoms. The molecule has 0 saturated carbocycles. The average Bonchev–Trinajstić information content (AvgIpc) is 2.94. The van der Waals surface area contributed by atoms with Crippen LogP contribution in [0.5, 0.6) is 5.75 Å². The Hall–Kier alpha value is -1.55. The number of hydrogen-bond acceptors (Lipinski definition) is 3. The van der Waals surface area contributed by atoms with E-state index in [2.05, 4.69) is 23.1 Å². The lowest BCUT2D eigenvalue weighted by atomic mass is 9.92. The number of rotatable bonds is 5. The number of fused-ring (bicyclic) bond motifs is 1. The van der Waals surface area contributed by atoms with E-state index in [-0.39, 0.29) is 0 Å². The van der Waals surface area contributed by atoms with Gasteiger partial charge in [0.15, 0.2) is 0 Å². The first-order chi connectivity index (χ1) is 10.2. The minimum absolute atomic E-state index is 0.315. The zero-order valence-electron chi connectivity index (χ0n) is 12.4. The lowest BCUT2D eigenvalue weighted by molar-refractivity contribution is -0.137. The van der Waals surface area contributed by atoms with Crippen LogP contribution in [0.2, 0.25) is 0 Å². The highest BCUT2D eigenvalue weighted by molar-refractivity contribution is 5.66. The molecule has 1 fully saturated rings. The van der Waals surface area contributed by atoms with Gasteiger partial charge in [0, 0.05) is 19.4 Å². The van der Waals surface area contributed by atoms with Crippen LogP contribution in [0.25, 0.3) is 0 Å². The average molecular weight is 289 g/mol. The molecule has 3 rings (SSSR count). The molecule has 0 aromatic heterocycles. The fraction of sp³-hybridized carbons (Fsp3) is 0.588. The Labute approximate surface area is 125 Å². The predicted molar refractivity (Wildman–Crippen MR) is 80.5 cm³/mol. The molecule has 2 aliphatic rings. The van der Waals surface area contributed by atoms with Gasteiger partial charge in [-0.1, -0.05) is 12.1 Å². The molecule has 1 aromatic carbocycles. The van der Waals surface area contributed by atoms with Gasteiger partial charge < -0.3 is 9.84 Å². The summed E-state index contributed by atoms with van der Waals surface area (Å²) in [6.07, 6.45) is 4.43. The minimum atomic E-state index is -0.669. The number of aliphatic carboxylic acids is 1. The monoisotopic (exact) mass is 289 g/mol. The summed E-state index contributed by atoms with van der Waals surface area (Å²) < 4.78 is 5.54. The molecule has 1 saturated heterocycles. The highest BCUT2D eigenvalue weighted by atomic mass is 16.5. The van der Waals surface area contributed by atoms with Crippen molar-refractivity contribution in [3.63, 3.8) is 0 Å². The molecule has 0 amide bonds. The normalized spacial score (nSPS) is 19.2. The van der Waals surface area contributed by atoms with Crippen molar-refractivity contribution in [3.8, 4) is 5.75 Å². The lowest BCUT2D eigenvalue weighted by Crippen LogP contribution is -2.33. The van der Waals surface area contributed by atoms with E-state index < -0.39 is 5.97 Å². The fourth-order valence-electron chi connectivity index (χ4n) is 3.36. The first-order valence-corrected chi connectivity index (χ1v) is 7.89. The van der Waals surface area contributed by atoms with Gasteiger partial charge in [0.1, 0.15) is 5.75 Å². The van der Waals surface area contributed by atoms with Gasteiger partial charge in [-0.15, -0.1) is 0 Å². The van der Waals surface area contributed by atoms with Crippen LogP contribution >= 0.6 is 0 Å². The molecule has 0 atom stereocenters. The number of carboxylic acid groups (broad SMARTS) is 1. The SMILES string of the molecule is O=C(O)CCC1CCN(Cc2ccc3c(c2)CCO3)CC1. The fourth-order valence-corrected chi connectivity index (χ4v) is 3.36. The van der Waals surface area contributed by atoms with Gasteiger partial charge in [0.25, 0.3) is 0 Å². The Morgan fingerprint density at radius 3 is 2.90 bits per heavy atom. The lowest BCUT2D eigenvalue weighted by Gasteiger charge is -2.31. The van der Waals surface area contributed by atoms with Gasteiger partial charge in [-0.05, 0) is 55.5 Å². The minimum Gasteiger partial charge on any atom is -0.493 e. The summed E-state index contributed by atoms with van der Waals surface area (Å²) in [5.41, 5.74) is 2.70. The number of likely N-dealkylation sites (tertiary alicyclic amines) is 1. The van der Waals surface area contributed by atoms with E-state index in [0.29, 0.717) is 12.3 Å². The van der Waals surface area contributed by atoms with Gasteiger partial charge in [-0.3, -0.25) is 9.69 Å². The van der Waals surface area contributed by atoms with Gasteiger partial charge in [-0.2, -0.15) is 0 Å². The van der Waals surface area contributed by atoms with Crippen molar-refractivity contribution < 1.29 is 14.6 Å². The van der Waals surface area contributed by atoms with Crippen molar-refractivity contribution in [1.82, 2.24) is 4.90 Å². The summed E-state index contributed by atoms with van der Waals surface area (Å²) in [5, 5.41) is 8.75. The molecular weight excluding hydrogens is 266 g/mol. The zero-order chi connectivity index (χ0) is 14.7. The van der Waals surface area contributed by atoms with Crippen LogP contribution in [0.1, 0.15) is 36.8 Å². The molecule has 0 bridgehead atoms. The van der Waals surface area contributed by atoms with E-state index in [9.17, 15) is 4.79 Å². The molecular formula is C17H23NO3. The van der Waals surface area contributed by atoms with Gasteiger partial charge in [0.05, 0.1) is 6.61 Å². The van der Waals surface area contributed by atoms with Gasteiger partial charge >= 0.3 is 5.97 Å². The Bertz CT molecular complexity index is 507. The smallest absolute Gasteiger partial charge is 0.303 e. The molecule has 4 heteroatoms. The topological polar surface area (TPSA) is 49.8 Å². The van der Waals surface area contributed by atoms with Crippen molar-refractivity contribution in [2.45, 2.75) is 38.6 Å². The quantitative estimate of drug-likeness (QED) is 0.905. The maximum atomic E-state index is 10.6. The number of carbonyl (C=O) groups is 1. The molecule has 0 spiro atoms. The number of nitrogens with zero attached hydrogens (tertiary/aromatic N) is 1. The predicted octanol–water partition coefficient (Wildman–Crippen LogP) is 2.70. The second kappa shape index (κ2) is 6.48. The van der Waals surface area contributed by atoms with Crippen LogP contribution in [-0.4, -0.2) is 35.7 Å². The molecule has 2 heterocycles. The van der Waals surface area contributed by atoms with E-state index >= 15 is 0 Å². The van der Waals surface area contributed by atoms with E-state index in [1.807, 2.05) is 0 Å². The molecule has 1 N–H and O–H groups in total. The van der Waals surface area contributed by atoms with Crippen LogP contribution < -0.4 is 4.74 Å². The molecule has 0 aliphatic carbocycles. The zero-order valence-corrected chi connectivity index (χ0v) is 12.4. The maximum absolute atomic E-state index is 10.6. The number of benzene rings is 1. The van der Waals surface area contributed by atoms with Crippen LogP contribution in [0.3, 0.4) is 0 Å². The van der Waals surface area contributed by atoms with Crippen LogP contribution in [-0.2, 0) is 17.8 Å². The summed E-state index contributed by atoms with van der Waals surface area (Å²) in [7, 11) is 0. The summed E-state index contributed by atoms with van der Waals surface area (Å²) >= 11 is 0. The third-order valence-electron chi connectivity index (χ3n) is 4.63. The summed E-state index contributed by atoms with van der Waals surface area (Å²) in [4.78, 5) is 13.1. The van der Waals surface area contributed by atoms with E-state index in [4.69, 9.17) is 9.84 Å². The van der Waals surface area contributed by atoms with E-state index in [1.165, 1.54) is 11.1 Å². The summed E-state index contributed by atoms with van der Waals surface area (Å²) in [6, 6.07) is 6.54. The van der Waals surface area contributed by atoms with Crippen LogP contribution in [0.15, 0.2) is 18.2 Å². The number of ether oxygens (including phenoxy) is 1. The van der Waals surface area contributed by atoms with E-state index in [0.717, 1.165) is 57.7 Å². The summed E-state index contributed by atoms with van der Waals surface area (Å²) in [5.74, 6) is 0.967. The molecule has 2 aliphatic heterocycles. The maximum Gasteiger partial charge on any atom is 0.303 e. The molecule has 4 nitrogen and oxygen atoms in total. The van der Waals surface area contributed by atoms with Crippen LogP contribution in [0, 0.1) is 5.92 Å². The first kappa shape index (κ1) is 14.4. The summed E-state index contributed by atoms with van der Waals surface area (Å²) in [6.45, 7) is 3.97. The van der Waals surface area contributed by atoms with Crippen LogP contribution in [0.4, 0.5) is 0 Å². The Morgan fingerprint density at radius 1 is 1.33 bits per heavy atom. The second-order valence-electron chi connectivity index (χ2n) is 6.19. The number of piperidine rings is 1. The Morgan fingerprint density at radius 2 is 2.14 bits per heavy atom. The van der Waals surface area contributed by atoms with Crippen molar-refractivity contribution in [3.05, 3.63) is 29.3 Å². The van der Waals surface area contributed by atoms with Crippen molar-refractivity contribution in [1.29, 1.82) is 0 Å². The third-order valence-corrected chi connectivity index (χ3v) is 4.63. The second-order valence-corrected chi connectivity index (χ2v) is 6.19. The standard InChI is InChI=1S/C17H23NO3/c19-17(20)4-2-13-5-8-18(9-6-13)12-14-1-3-16-15(11-14)7-10-21-16/h1,3,11,13H,2,4-10,12H2,(H,19,20). The third kappa shape index (κ3) is 3.76. The molecule has 1 aromatic rings. The van der Waals surface area contributed by atoms with Gasteiger partial charge in [0.2, 0.25) is 0 Å². The first-order valence-electron chi connectivity index (χ1n) is 7.89. The molecule has 0 radical (unpaired) electrons. The van der Waals surface area contributed by atoms with Crippen molar-refractivity contribution >= 4 is 5.97 Å². The highest BCUT2D eigenvalue weighted by Crippen LogP contribution is 2.27. The van der Waals surface area contributed by atoms with Gasteiger partial charge in [-0.25, -0.2) is 0 Å². The Balaban J connectivity index is 1.48. The highest BCUT2D eigenvalue weighted by Gasteiger charge is 2.20. The Kier molecular flexibility index (Phi) is 4.44. The molecule has 0 unspecified atom stereocenters. The van der Waals surface area contributed by atoms with Crippen molar-refractivity contribution in [2.75, 3.05) is 19.7 Å². The molecule has 114 valence electrons. The van der Waals surface area contributed by atoms with E-state index in [1.54, 1.807) is 0 Å². The largest absolute Gasteiger partial charge is 0.493 e. The number of hydrogen-bond donors (Lipinski definition) is 1. The van der Waals surface area contributed by atoms with Crippen molar-refractivity contribution in [2.24, 2.45) is 5.92 Å².